The first kappa shape index (κ1) is 24.0. The first-order valence-electron chi connectivity index (χ1n) is 12.4. The number of hydrogen-bond acceptors (Lipinski definition) is 7. The van der Waals surface area contributed by atoms with Gasteiger partial charge in [-0.25, -0.2) is 0 Å². The number of thioether (sulfide) groups is 2. The van der Waals surface area contributed by atoms with Crippen LogP contribution in [0.3, 0.4) is 0 Å². The number of hydrogen-bond donors (Lipinski definition) is 1. The lowest BCUT2D eigenvalue weighted by atomic mass is 9.56. The van der Waals surface area contributed by atoms with Gasteiger partial charge in [0.2, 0.25) is 0 Å². The standard InChI is InChI=1S/C27H34N2O3S2/c1-4-11-28-22-20-15-19(26-33-12-8-13-34-26)14-17(2)27(20,3)24(30)21-23(22)32-29-25(21)31-16-18-9-6-5-7-10-18/h5-7,9-10,14,19-20,22,26,28H,4,8,11-13,15-16H2,1-3H3. The molecule has 34 heavy (non-hydrogen) atoms. The fourth-order valence-electron chi connectivity index (χ4n) is 5.65. The Balaban J connectivity index is 1.49. The van der Waals surface area contributed by atoms with Gasteiger partial charge in [-0.3, -0.25) is 4.79 Å². The van der Waals surface area contributed by atoms with Gasteiger partial charge < -0.3 is 14.6 Å². The van der Waals surface area contributed by atoms with Crippen LogP contribution in [0.5, 0.6) is 5.88 Å². The van der Waals surface area contributed by atoms with Crippen molar-refractivity contribution in [3.8, 4) is 5.88 Å². The predicted molar refractivity (Wildman–Crippen MR) is 139 cm³/mol. The number of ether oxygens (including phenoxy) is 1. The van der Waals surface area contributed by atoms with E-state index in [2.05, 4.69) is 60.8 Å². The third-order valence-corrected chi connectivity index (χ3v) is 10.9. The van der Waals surface area contributed by atoms with Crippen molar-refractivity contribution in [2.45, 2.75) is 57.3 Å². The van der Waals surface area contributed by atoms with Crippen LogP contribution in [0.25, 0.3) is 0 Å². The highest BCUT2D eigenvalue weighted by Gasteiger charge is 2.57. The van der Waals surface area contributed by atoms with Gasteiger partial charge in [0.05, 0.1) is 16.0 Å². The zero-order chi connectivity index (χ0) is 23.7. The van der Waals surface area contributed by atoms with Gasteiger partial charge in [-0.1, -0.05) is 48.9 Å². The number of Topliss-reactive ketones (excluding diaryl/α,β-unsaturated/α-hetero) is 1. The number of allylic oxidation sites excluding steroid dienone is 2. The number of ketones is 1. The molecule has 0 spiro atoms. The number of carbonyl (C=O) groups excluding carboxylic acids is 1. The summed E-state index contributed by atoms with van der Waals surface area (Å²) in [7, 11) is 0. The van der Waals surface area contributed by atoms with Gasteiger partial charge in [0.15, 0.2) is 11.5 Å². The highest BCUT2D eigenvalue weighted by molar-refractivity contribution is 8.17. The van der Waals surface area contributed by atoms with Crippen LogP contribution in [0.1, 0.15) is 67.8 Å². The molecule has 7 heteroatoms. The SMILES string of the molecule is CCCNC1c2onc(OCc3ccccc3)c2C(=O)C2(C)C(C)=CC(C3SCCCS3)CC12. The van der Waals surface area contributed by atoms with E-state index in [1.54, 1.807) is 0 Å². The van der Waals surface area contributed by atoms with Gasteiger partial charge in [0.25, 0.3) is 5.88 Å². The molecule has 0 saturated carbocycles. The van der Waals surface area contributed by atoms with Gasteiger partial charge in [-0.15, -0.1) is 23.5 Å². The Morgan fingerprint density at radius 2 is 2.00 bits per heavy atom. The number of benzene rings is 1. The predicted octanol–water partition coefficient (Wildman–Crippen LogP) is 6.28. The largest absolute Gasteiger partial charge is 0.470 e. The molecule has 1 saturated heterocycles. The molecule has 1 aliphatic heterocycles. The summed E-state index contributed by atoms with van der Waals surface area (Å²) in [6.45, 7) is 7.66. The van der Waals surface area contributed by atoms with E-state index in [1.807, 2.05) is 30.3 Å². The molecule has 0 bridgehead atoms. The molecule has 3 aliphatic rings. The molecular formula is C27H34N2O3S2. The molecule has 5 nitrogen and oxygen atoms in total. The number of rotatable bonds is 7. The molecule has 182 valence electrons. The molecule has 1 fully saturated rings. The Kier molecular flexibility index (Phi) is 7.14. The van der Waals surface area contributed by atoms with Crippen molar-refractivity contribution in [1.82, 2.24) is 10.5 Å². The Hall–Kier alpha value is -1.70. The maximum atomic E-state index is 14.1. The summed E-state index contributed by atoms with van der Waals surface area (Å²) in [5.74, 6) is 4.11. The molecule has 2 aliphatic carbocycles. The van der Waals surface area contributed by atoms with Crippen molar-refractivity contribution in [2.75, 3.05) is 18.1 Å². The number of aromatic nitrogens is 1. The topological polar surface area (TPSA) is 64.4 Å². The fourth-order valence-corrected chi connectivity index (χ4v) is 8.76. The zero-order valence-electron chi connectivity index (χ0n) is 20.2. The zero-order valence-corrected chi connectivity index (χ0v) is 21.8. The first-order valence-corrected chi connectivity index (χ1v) is 14.5. The maximum absolute atomic E-state index is 14.1. The Labute approximate surface area is 210 Å². The van der Waals surface area contributed by atoms with E-state index in [0.717, 1.165) is 24.9 Å². The van der Waals surface area contributed by atoms with Crippen LogP contribution in [0.2, 0.25) is 0 Å². The van der Waals surface area contributed by atoms with Gasteiger partial charge in [0.1, 0.15) is 12.2 Å². The Bertz CT molecular complexity index is 1050. The molecule has 2 heterocycles. The summed E-state index contributed by atoms with van der Waals surface area (Å²) in [4.78, 5) is 14.1. The fraction of sp³-hybridized carbons (Fsp3) is 0.556. The lowest BCUT2D eigenvalue weighted by Gasteiger charge is -2.49. The smallest absolute Gasteiger partial charge is 0.265 e. The molecule has 5 rings (SSSR count). The van der Waals surface area contributed by atoms with E-state index in [-0.39, 0.29) is 17.7 Å². The summed E-state index contributed by atoms with van der Waals surface area (Å²) in [5.41, 5.74) is 2.15. The van der Waals surface area contributed by atoms with Gasteiger partial charge >= 0.3 is 0 Å². The molecule has 0 amide bonds. The highest BCUT2D eigenvalue weighted by Crippen LogP contribution is 2.58. The first-order chi connectivity index (χ1) is 16.5. The average molecular weight is 499 g/mol. The van der Waals surface area contributed by atoms with E-state index in [1.165, 1.54) is 23.5 Å². The summed E-state index contributed by atoms with van der Waals surface area (Å²) >= 11 is 4.16. The summed E-state index contributed by atoms with van der Waals surface area (Å²) in [5, 5.41) is 7.98. The van der Waals surface area contributed by atoms with Gasteiger partial charge in [-0.05, 0) is 73.7 Å². The van der Waals surface area contributed by atoms with E-state index >= 15 is 0 Å². The van der Waals surface area contributed by atoms with Crippen LogP contribution in [-0.2, 0) is 6.61 Å². The highest BCUT2D eigenvalue weighted by atomic mass is 32.2. The van der Waals surface area contributed by atoms with Crippen LogP contribution in [0, 0.1) is 17.3 Å². The van der Waals surface area contributed by atoms with Crippen molar-refractivity contribution in [1.29, 1.82) is 0 Å². The summed E-state index contributed by atoms with van der Waals surface area (Å²) < 4.78 is 12.5. The van der Waals surface area contributed by atoms with Crippen LogP contribution in [0.4, 0.5) is 0 Å². The third kappa shape index (κ3) is 4.24. The minimum atomic E-state index is -0.588. The van der Waals surface area contributed by atoms with Gasteiger partial charge in [-0.2, -0.15) is 0 Å². The number of fused-ring (bicyclic) bond motifs is 2. The molecule has 1 N–H and O–H groups in total. The molecule has 4 atom stereocenters. The lowest BCUT2D eigenvalue weighted by Crippen LogP contribution is -2.51. The minimum Gasteiger partial charge on any atom is -0.470 e. The molecule has 1 aromatic heterocycles. The number of carbonyl (C=O) groups is 1. The Morgan fingerprint density at radius 1 is 1.24 bits per heavy atom. The van der Waals surface area contributed by atoms with Crippen LogP contribution in [0.15, 0.2) is 46.5 Å². The quantitative estimate of drug-likeness (QED) is 0.451. The van der Waals surface area contributed by atoms with Crippen molar-refractivity contribution in [3.05, 3.63) is 58.9 Å². The van der Waals surface area contributed by atoms with Crippen molar-refractivity contribution in [2.24, 2.45) is 17.3 Å². The van der Waals surface area contributed by atoms with E-state index < -0.39 is 5.41 Å². The van der Waals surface area contributed by atoms with Crippen molar-refractivity contribution < 1.29 is 14.1 Å². The van der Waals surface area contributed by atoms with Crippen LogP contribution in [-0.4, -0.2) is 33.6 Å². The molecular weight excluding hydrogens is 464 g/mol. The Morgan fingerprint density at radius 3 is 2.74 bits per heavy atom. The van der Waals surface area contributed by atoms with E-state index in [0.29, 0.717) is 34.3 Å². The van der Waals surface area contributed by atoms with E-state index in [9.17, 15) is 4.79 Å². The monoisotopic (exact) mass is 498 g/mol. The second-order valence-corrected chi connectivity index (χ2v) is 12.6. The normalized spacial score (nSPS) is 29.3. The van der Waals surface area contributed by atoms with Crippen molar-refractivity contribution in [3.63, 3.8) is 0 Å². The minimum absolute atomic E-state index is 0.0519. The van der Waals surface area contributed by atoms with Gasteiger partial charge in [0, 0.05) is 0 Å². The van der Waals surface area contributed by atoms with E-state index in [4.69, 9.17) is 9.26 Å². The molecule has 1 aromatic carbocycles. The average Bonchev–Trinajstić information content (AvgIpc) is 3.29. The molecule has 4 unspecified atom stereocenters. The van der Waals surface area contributed by atoms with Crippen LogP contribution < -0.4 is 10.1 Å². The third-order valence-electron chi connectivity index (χ3n) is 7.66. The second-order valence-electron chi connectivity index (χ2n) is 9.78. The summed E-state index contributed by atoms with van der Waals surface area (Å²) in [6, 6.07) is 9.90. The van der Waals surface area contributed by atoms with Crippen molar-refractivity contribution >= 4 is 29.3 Å². The number of nitrogens with zero attached hydrogens (tertiary/aromatic N) is 1. The number of nitrogens with one attached hydrogen (secondary N) is 1. The lowest BCUT2D eigenvalue weighted by molar-refractivity contribution is 0.0580. The van der Waals surface area contributed by atoms with Crippen LogP contribution >= 0.6 is 23.5 Å². The maximum Gasteiger partial charge on any atom is 0.265 e. The molecule has 2 aromatic rings. The second kappa shape index (κ2) is 10.1. The molecule has 0 radical (unpaired) electrons. The summed E-state index contributed by atoms with van der Waals surface area (Å²) in [6.07, 6.45) is 5.67.